The van der Waals surface area contributed by atoms with Gasteiger partial charge in [-0.25, -0.2) is 0 Å². The first-order chi connectivity index (χ1) is 10.2. The quantitative estimate of drug-likeness (QED) is 0.845. The third-order valence-electron chi connectivity index (χ3n) is 4.00. The number of rotatable bonds is 5. The molecule has 1 aromatic carbocycles. The molecule has 1 aliphatic heterocycles. The number of nitrogens with zero attached hydrogens (tertiary/aromatic N) is 1. The Kier molecular flexibility index (Phi) is 6.10. The lowest BCUT2D eigenvalue weighted by molar-refractivity contribution is 0.168. The summed E-state index contributed by atoms with van der Waals surface area (Å²) in [5, 5.41) is 8.66. The van der Waals surface area contributed by atoms with Gasteiger partial charge in [-0.3, -0.25) is 4.90 Å². The fourth-order valence-corrected chi connectivity index (χ4v) is 2.94. The first kappa shape index (κ1) is 15.9. The van der Waals surface area contributed by atoms with Crippen molar-refractivity contribution in [1.29, 1.82) is 0 Å². The molecule has 1 N–H and O–H groups in total. The second-order valence-electron chi connectivity index (χ2n) is 5.82. The molecule has 0 radical (unpaired) electrons. The molecule has 21 heavy (non-hydrogen) atoms. The van der Waals surface area contributed by atoms with Gasteiger partial charge in [-0.2, -0.15) is 0 Å². The predicted molar refractivity (Wildman–Crippen MR) is 85.3 cm³/mol. The van der Waals surface area contributed by atoms with Crippen LogP contribution >= 0.6 is 0 Å². The molecule has 1 heterocycles. The third kappa shape index (κ3) is 4.77. The van der Waals surface area contributed by atoms with E-state index in [4.69, 9.17) is 9.84 Å². The summed E-state index contributed by atoms with van der Waals surface area (Å²) >= 11 is 0. The van der Waals surface area contributed by atoms with Gasteiger partial charge in [0, 0.05) is 18.2 Å². The van der Waals surface area contributed by atoms with Gasteiger partial charge in [0.2, 0.25) is 0 Å². The van der Waals surface area contributed by atoms with Crippen molar-refractivity contribution in [3.05, 3.63) is 29.8 Å². The highest BCUT2D eigenvalue weighted by Crippen LogP contribution is 2.23. The van der Waals surface area contributed by atoms with E-state index >= 15 is 0 Å². The first-order valence-corrected chi connectivity index (χ1v) is 7.77. The average molecular weight is 287 g/mol. The SMILES string of the molecule is CC(C)C1CCCN1CCOc1ccc(C#CCO)cc1. The summed E-state index contributed by atoms with van der Waals surface area (Å²) in [4.78, 5) is 2.55. The molecule has 0 bridgehead atoms. The van der Waals surface area contributed by atoms with Gasteiger partial charge in [0.25, 0.3) is 0 Å². The zero-order chi connectivity index (χ0) is 15.1. The first-order valence-electron chi connectivity index (χ1n) is 7.77. The van der Waals surface area contributed by atoms with Crippen LogP contribution in [0.1, 0.15) is 32.3 Å². The van der Waals surface area contributed by atoms with E-state index in [2.05, 4.69) is 30.6 Å². The largest absolute Gasteiger partial charge is 0.492 e. The van der Waals surface area contributed by atoms with Crippen molar-refractivity contribution in [2.24, 2.45) is 5.92 Å². The Bertz CT molecular complexity index is 484. The van der Waals surface area contributed by atoms with Crippen LogP contribution < -0.4 is 4.74 Å². The van der Waals surface area contributed by atoms with Crippen molar-refractivity contribution in [3.63, 3.8) is 0 Å². The monoisotopic (exact) mass is 287 g/mol. The van der Waals surface area contributed by atoms with E-state index in [0.29, 0.717) is 6.04 Å². The number of ether oxygens (including phenoxy) is 1. The van der Waals surface area contributed by atoms with Crippen LogP contribution in [-0.4, -0.2) is 42.4 Å². The maximum atomic E-state index is 8.66. The van der Waals surface area contributed by atoms with Gasteiger partial charge in [0.1, 0.15) is 19.0 Å². The molecule has 3 nitrogen and oxygen atoms in total. The molecule has 3 heteroatoms. The minimum Gasteiger partial charge on any atom is -0.492 e. The standard InChI is InChI=1S/C18H25NO2/c1-15(2)18-6-3-11-19(18)12-14-21-17-9-7-16(8-10-17)5-4-13-20/h7-10,15,18,20H,3,6,11-14H2,1-2H3. The van der Waals surface area contributed by atoms with Crippen molar-refractivity contribution in [3.8, 4) is 17.6 Å². The number of benzene rings is 1. The van der Waals surface area contributed by atoms with Crippen LogP contribution in [0, 0.1) is 17.8 Å². The molecule has 0 amide bonds. The van der Waals surface area contributed by atoms with Crippen molar-refractivity contribution < 1.29 is 9.84 Å². The van der Waals surface area contributed by atoms with E-state index in [1.54, 1.807) is 0 Å². The molecule has 114 valence electrons. The molecule has 1 aliphatic rings. The Hall–Kier alpha value is -1.50. The zero-order valence-corrected chi connectivity index (χ0v) is 13.0. The number of hydrogen-bond donors (Lipinski definition) is 1. The Morgan fingerprint density at radius 2 is 2.10 bits per heavy atom. The Balaban J connectivity index is 1.78. The molecule has 0 saturated carbocycles. The zero-order valence-electron chi connectivity index (χ0n) is 13.0. The Morgan fingerprint density at radius 1 is 1.33 bits per heavy atom. The second-order valence-corrected chi connectivity index (χ2v) is 5.82. The summed E-state index contributed by atoms with van der Waals surface area (Å²) in [5.41, 5.74) is 0.899. The van der Waals surface area contributed by atoms with Gasteiger partial charge in [-0.15, -0.1) is 0 Å². The molecule has 0 aromatic heterocycles. The van der Waals surface area contributed by atoms with E-state index in [1.807, 2.05) is 24.3 Å². The van der Waals surface area contributed by atoms with Gasteiger partial charge in [-0.05, 0) is 49.6 Å². The average Bonchev–Trinajstić information content (AvgIpc) is 2.95. The van der Waals surface area contributed by atoms with Crippen molar-refractivity contribution in [2.75, 3.05) is 26.3 Å². The molecule has 0 aliphatic carbocycles. The van der Waals surface area contributed by atoms with Gasteiger partial charge in [-0.1, -0.05) is 25.7 Å². The molecule has 1 aromatic rings. The Morgan fingerprint density at radius 3 is 2.76 bits per heavy atom. The smallest absolute Gasteiger partial charge is 0.119 e. The summed E-state index contributed by atoms with van der Waals surface area (Å²) in [6, 6.07) is 8.43. The fraction of sp³-hybridized carbons (Fsp3) is 0.556. The van der Waals surface area contributed by atoms with E-state index in [1.165, 1.54) is 19.4 Å². The minimum absolute atomic E-state index is 0.106. The van der Waals surface area contributed by atoms with E-state index in [9.17, 15) is 0 Å². The van der Waals surface area contributed by atoms with Gasteiger partial charge in [0.05, 0.1) is 0 Å². The normalized spacial score (nSPS) is 18.6. The highest BCUT2D eigenvalue weighted by Gasteiger charge is 2.26. The van der Waals surface area contributed by atoms with Crippen LogP contribution in [0.2, 0.25) is 0 Å². The summed E-state index contributed by atoms with van der Waals surface area (Å²) in [6.07, 6.45) is 2.62. The lowest BCUT2D eigenvalue weighted by Gasteiger charge is -2.27. The highest BCUT2D eigenvalue weighted by molar-refractivity contribution is 5.38. The van der Waals surface area contributed by atoms with Crippen LogP contribution in [0.25, 0.3) is 0 Å². The molecule has 1 unspecified atom stereocenters. The predicted octanol–water partition coefficient (Wildman–Crippen LogP) is 2.53. The summed E-state index contributed by atoms with van der Waals surface area (Å²) in [5.74, 6) is 7.11. The van der Waals surface area contributed by atoms with E-state index in [-0.39, 0.29) is 6.61 Å². The third-order valence-corrected chi connectivity index (χ3v) is 4.00. The Labute approximate surface area is 127 Å². The minimum atomic E-state index is -0.106. The van der Waals surface area contributed by atoms with Crippen molar-refractivity contribution in [1.82, 2.24) is 4.90 Å². The summed E-state index contributed by atoms with van der Waals surface area (Å²) in [6.45, 7) is 7.42. The van der Waals surface area contributed by atoms with Crippen LogP contribution in [0.5, 0.6) is 5.75 Å². The molecule has 1 saturated heterocycles. The maximum Gasteiger partial charge on any atom is 0.119 e. The highest BCUT2D eigenvalue weighted by atomic mass is 16.5. The number of hydrogen-bond acceptors (Lipinski definition) is 3. The van der Waals surface area contributed by atoms with Crippen molar-refractivity contribution in [2.45, 2.75) is 32.7 Å². The van der Waals surface area contributed by atoms with E-state index < -0.39 is 0 Å². The van der Waals surface area contributed by atoms with Crippen LogP contribution in [0.3, 0.4) is 0 Å². The maximum absolute atomic E-state index is 8.66. The molecule has 1 fully saturated rings. The summed E-state index contributed by atoms with van der Waals surface area (Å²) < 4.78 is 5.82. The second kappa shape index (κ2) is 8.07. The van der Waals surface area contributed by atoms with Crippen LogP contribution in [-0.2, 0) is 0 Å². The van der Waals surface area contributed by atoms with Gasteiger partial charge < -0.3 is 9.84 Å². The van der Waals surface area contributed by atoms with Gasteiger partial charge >= 0.3 is 0 Å². The summed E-state index contributed by atoms with van der Waals surface area (Å²) in [7, 11) is 0. The number of aliphatic hydroxyl groups is 1. The molecule has 1 atom stereocenters. The van der Waals surface area contributed by atoms with Crippen molar-refractivity contribution >= 4 is 0 Å². The number of aliphatic hydroxyl groups excluding tert-OH is 1. The number of likely N-dealkylation sites (tertiary alicyclic amines) is 1. The molecule has 0 spiro atoms. The lowest BCUT2D eigenvalue weighted by atomic mass is 10.0. The molecule has 2 rings (SSSR count). The van der Waals surface area contributed by atoms with Crippen LogP contribution in [0.4, 0.5) is 0 Å². The molecular formula is C18H25NO2. The molecular weight excluding hydrogens is 262 g/mol. The topological polar surface area (TPSA) is 32.7 Å². The van der Waals surface area contributed by atoms with E-state index in [0.717, 1.165) is 30.4 Å². The lowest BCUT2D eigenvalue weighted by Crippen LogP contribution is -2.36. The fourth-order valence-electron chi connectivity index (χ4n) is 2.94. The van der Waals surface area contributed by atoms with Gasteiger partial charge in [0.15, 0.2) is 0 Å². The van der Waals surface area contributed by atoms with Crippen LogP contribution in [0.15, 0.2) is 24.3 Å².